The molecule has 7 heteroatoms. The number of likely N-dealkylation sites (tertiary alicyclic amines) is 1. The number of aryl methyl sites for hydroxylation is 1. The van der Waals surface area contributed by atoms with Crippen LogP contribution in [0.4, 0.5) is 0 Å². The second kappa shape index (κ2) is 6.23. The fourth-order valence-electron chi connectivity index (χ4n) is 3.72. The molecule has 0 spiro atoms. The quantitative estimate of drug-likeness (QED) is 0.718. The van der Waals surface area contributed by atoms with Crippen molar-refractivity contribution in [3.63, 3.8) is 0 Å². The van der Waals surface area contributed by atoms with Crippen molar-refractivity contribution in [1.29, 1.82) is 0 Å². The Kier molecular flexibility index (Phi) is 3.91. The van der Waals surface area contributed by atoms with Crippen molar-refractivity contribution in [2.24, 2.45) is 7.05 Å². The van der Waals surface area contributed by atoms with E-state index in [1.165, 1.54) is 0 Å². The van der Waals surface area contributed by atoms with Crippen molar-refractivity contribution >= 4 is 16.9 Å². The normalized spacial score (nSPS) is 17.5. The number of benzene rings is 1. The summed E-state index contributed by atoms with van der Waals surface area (Å²) in [5.41, 5.74) is 1.48. The topological polar surface area (TPSA) is 65.1 Å². The molecule has 0 N–H and O–H groups in total. The van der Waals surface area contributed by atoms with E-state index in [1.54, 1.807) is 22.4 Å². The van der Waals surface area contributed by atoms with E-state index in [0.717, 1.165) is 30.4 Å². The predicted molar refractivity (Wildman–Crippen MR) is 94.1 cm³/mol. The first-order valence-electron chi connectivity index (χ1n) is 8.56. The summed E-state index contributed by atoms with van der Waals surface area (Å²) < 4.78 is 5.02. The summed E-state index contributed by atoms with van der Waals surface area (Å²) in [4.78, 5) is 27.3. The molecule has 0 aliphatic carbocycles. The van der Waals surface area contributed by atoms with Crippen LogP contribution in [0.15, 0.2) is 47.5 Å². The Bertz CT molecular complexity index is 954. The van der Waals surface area contributed by atoms with Crippen molar-refractivity contribution in [2.75, 3.05) is 6.54 Å². The summed E-state index contributed by atoms with van der Waals surface area (Å²) in [6, 6.07) is 9.59. The first kappa shape index (κ1) is 15.7. The van der Waals surface area contributed by atoms with Gasteiger partial charge in [-0.1, -0.05) is 12.1 Å². The molecular formula is C18H21N5O2. The van der Waals surface area contributed by atoms with Crippen LogP contribution >= 0.6 is 0 Å². The number of hydrogen-bond donors (Lipinski definition) is 0. The van der Waals surface area contributed by atoms with Crippen molar-refractivity contribution in [1.82, 2.24) is 23.8 Å². The van der Waals surface area contributed by atoms with E-state index < -0.39 is 0 Å². The molecule has 1 saturated heterocycles. The van der Waals surface area contributed by atoms with Crippen LogP contribution in [-0.2, 0) is 24.9 Å². The third-order valence-electron chi connectivity index (χ3n) is 5.00. The van der Waals surface area contributed by atoms with Gasteiger partial charge < -0.3 is 4.90 Å². The maximum Gasteiger partial charge on any atom is 0.329 e. The summed E-state index contributed by atoms with van der Waals surface area (Å²) >= 11 is 0. The van der Waals surface area contributed by atoms with E-state index in [1.807, 2.05) is 46.1 Å². The Morgan fingerprint density at radius 2 is 2.04 bits per heavy atom. The monoisotopic (exact) mass is 339 g/mol. The maximum absolute atomic E-state index is 12.9. The second-order valence-corrected chi connectivity index (χ2v) is 6.53. The summed E-state index contributed by atoms with van der Waals surface area (Å²) in [6.45, 7) is 1.52. The highest BCUT2D eigenvalue weighted by atomic mass is 16.2. The molecule has 130 valence electrons. The number of rotatable bonds is 4. The zero-order valence-electron chi connectivity index (χ0n) is 14.2. The Balaban J connectivity index is 1.58. The van der Waals surface area contributed by atoms with E-state index in [2.05, 4.69) is 5.10 Å². The molecule has 0 bridgehead atoms. The lowest BCUT2D eigenvalue weighted by molar-refractivity contribution is -0.132. The van der Waals surface area contributed by atoms with Crippen molar-refractivity contribution in [3.05, 3.63) is 53.2 Å². The first-order chi connectivity index (χ1) is 12.1. The number of aromatic nitrogens is 4. The molecular weight excluding hydrogens is 318 g/mol. The molecule has 1 aromatic carbocycles. The molecule has 1 aliphatic rings. The second-order valence-electron chi connectivity index (χ2n) is 6.53. The Labute approximate surface area is 145 Å². The molecule has 1 unspecified atom stereocenters. The number of hydrogen-bond acceptors (Lipinski definition) is 3. The van der Waals surface area contributed by atoms with Crippen molar-refractivity contribution in [3.8, 4) is 0 Å². The lowest BCUT2D eigenvalue weighted by atomic mass is 10.2. The number of fused-ring (bicyclic) bond motifs is 1. The van der Waals surface area contributed by atoms with Gasteiger partial charge in [-0.2, -0.15) is 5.10 Å². The number of carbonyl (C=O) groups excluding carboxylic acids is 1. The van der Waals surface area contributed by atoms with Gasteiger partial charge in [-0.25, -0.2) is 4.79 Å². The number of para-hydroxylation sites is 2. The van der Waals surface area contributed by atoms with E-state index in [4.69, 9.17) is 0 Å². The molecule has 2 aromatic heterocycles. The third kappa shape index (κ3) is 2.75. The largest absolute Gasteiger partial charge is 0.336 e. The molecule has 1 amide bonds. The summed E-state index contributed by atoms with van der Waals surface area (Å²) in [7, 11) is 1.74. The summed E-state index contributed by atoms with van der Waals surface area (Å²) in [5.74, 6) is -0.00638. The van der Waals surface area contributed by atoms with Crippen LogP contribution in [0.3, 0.4) is 0 Å². The van der Waals surface area contributed by atoms with Crippen LogP contribution in [0, 0.1) is 0 Å². The first-order valence-corrected chi connectivity index (χ1v) is 8.56. The molecule has 3 heterocycles. The summed E-state index contributed by atoms with van der Waals surface area (Å²) in [6.07, 6.45) is 5.62. The molecule has 7 nitrogen and oxygen atoms in total. The number of nitrogens with zero attached hydrogens (tertiary/aromatic N) is 5. The van der Waals surface area contributed by atoms with Gasteiger partial charge in [0.15, 0.2) is 0 Å². The molecule has 4 rings (SSSR count). The van der Waals surface area contributed by atoms with Crippen LogP contribution in [0.2, 0.25) is 0 Å². The average Bonchev–Trinajstić information content (AvgIpc) is 3.34. The number of amides is 1. The van der Waals surface area contributed by atoms with E-state index in [9.17, 15) is 9.59 Å². The highest BCUT2D eigenvalue weighted by Gasteiger charge is 2.29. The fraction of sp³-hybridized carbons (Fsp3) is 0.389. The standard InChI is InChI=1S/C18H21N5O2/c1-20-15-7-2-3-8-16(15)23(18(20)25)13-17(24)22-11-4-6-14(22)12-21-10-5-9-19-21/h2-3,5,7-10,14H,4,6,11-13H2,1H3. The van der Waals surface area contributed by atoms with Gasteiger partial charge in [-0.05, 0) is 31.0 Å². The Morgan fingerprint density at radius 3 is 2.80 bits per heavy atom. The van der Waals surface area contributed by atoms with Crippen molar-refractivity contribution < 1.29 is 4.79 Å². The minimum absolute atomic E-state index is 0.00638. The predicted octanol–water partition coefficient (Wildman–Crippen LogP) is 1.23. The molecule has 1 atom stereocenters. The van der Waals surface area contributed by atoms with Gasteiger partial charge in [0.2, 0.25) is 5.91 Å². The zero-order chi connectivity index (χ0) is 17.4. The molecule has 1 fully saturated rings. The van der Waals surface area contributed by atoms with E-state index in [0.29, 0.717) is 6.54 Å². The summed E-state index contributed by atoms with van der Waals surface area (Å²) in [5, 5.41) is 4.24. The molecule has 1 aliphatic heterocycles. The minimum Gasteiger partial charge on any atom is -0.336 e. The van der Waals surface area contributed by atoms with Crippen LogP contribution in [0.5, 0.6) is 0 Å². The molecule has 0 radical (unpaired) electrons. The van der Waals surface area contributed by atoms with Gasteiger partial charge in [0, 0.05) is 26.0 Å². The Morgan fingerprint density at radius 1 is 1.24 bits per heavy atom. The van der Waals surface area contributed by atoms with Gasteiger partial charge in [0.05, 0.1) is 23.6 Å². The Hall–Kier alpha value is -2.83. The SMILES string of the molecule is Cn1c(=O)n(CC(=O)N2CCCC2Cn2cccn2)c2ccccc21. The van der Waals surface area contributed by atoms with Gasteiger partial charge in [-0.3, -0.25) is 18.6 Å². The fourth-order valence-corrected chi connectivity index (χ4v) is 3.72. The van der Waals surface area contributed by atoms with E-state index in [-0.39, 0.29) is 24.2 Å². The van der Waals surface area contributed by atoms with Gasteiger partial charge >= 0.3 is 5.69 Å². The average molecular weight is 339 g/mol. The third-order valence-corrected chi connectivity index (χ3v) is 5.00. The van der Waals surface area contributed by atoms with Crippen LogP contribution in [-0.4, -0.2) is 42.3 Å². The molecule has 0 saturated carbocycles. The number of imidazole rings is 1. The van der Waals surface area contributed by atoms with E-state index >= 15 is 0 Å². The highest BCUT2D eigenvalue weighted by Crippen LogP contribution is 2.20. The van der Waals surface area contributed by atoms with Crippen molar-refractivity contribution in [2.45, 2.75) is 32.0 Å². The maximum atomic E-state index is 12.9. The molecule has 25 heavy (non-hydrogen) atoms. The lowest BCUT2D eigenvalue weighted by Crippen LogP contribution is -2.41. The number of carbonyl (C=O) groups is 1. The van der Waals surface area contributed by atoms with Gasteiger partial charge in [0.1, 0.15) is 6.54 Å². The van der Waals surface area contributed by atoms with Crippen LogP contribution < -0.4 is 5.69 Å². The van der Waals surface area contributed by atoms with Gasteiger partial charge in [-0.15, -0.1) is 0 Å². The van der Waals surface area contributed by atoms with Crippen LogP contribution in [0.1, 0.15) is 12.8 Å². The highest BCUT2D eigenvalue weighted by molar-refractivity contribution is 5.81. The molecule has 3 aromatic rings. The van der Waals surface area contributed by atoms with Gasteiger partial charge in [0.25, 0.3) is 0 Å². The zero-order valence-corrected chi connectivity index (χ0v) is 14.2. The lowest BCUT2D eigenvalue weighted by Gasteiger charge is -2.25. The smallest absolute Gasteiger partial charge is 0.329 e. The van der Waals surface area contributed by atoms with Crippen LogP contribution in [0.25, 0.3) is 11.0 Å². The minimum atomic E-state index is -0.155.